The van der Waals surface area contributed by atoms with E-state index in [9.17, 15) is 9.59 Å². The molecule has 9 nitrogen and oxygen atoms in total. The molecule has 9 heteroatoms. The lowest BCUT2D eigenvalue weighted by atomic mass is 10.1. The molecule has 136 valence electrons. The Morgan fingerprint density at radius 1 is 1.07 bits per heavy atom. The van der Waals surface area contributed by atoms with E-state index >= 15 is 0 Å². The van der Waals surface area contributed by atoms with Crippen molar-refractivity contribution in [2.45, 2.75) is 25.5 Å². The van der Waals surface area contributed by atoms with E-state index in [-0.39, 0.29) is 17.2 Å². The van der Waals surface area contributed by atoms with Crippen molar-refractivity contribution in [3.8, 4) is 0 Å². The summed E-state index contributed by atoms with van der Waals surface area (Å²) in [5.41, 5.74) is 0.0753. The number of ether oxygens (including phenoxy) is 1. The standard InChI is InChI=1S/C18H16N6O3/c25-17-14-8-19-15-4-6-24(23-10-20-21-11-23)18(26)16(15)13(14)3-5-22(17)9-12-2-1-7-27-12/h3-6,8,10-12H,1-2,7,9H2. The molecule has 4 aromatic rings. The summed E-state index contributed by atoms with van der Waals surface area (Å²) in [6, 6.07) is 3.53. The highest BCUT2D eigenvalue weighted by molar-refractivity contribution is 6.04. The fraction of sp³-hybridized carbons (Fsp3) is 0.278. The second-order valence-corrected chi connectivity index (χ2v) is 6.56. The van der Waals surface area contributed by atoms with Crippen molar-refractivity contribution in [1.82, 2.24) is 29.1 Å². The predicted octanol–water partition coefficient (Wildman–Crippen LogP) is 0.793. The van der Waals surface area contributed by atoms with Crippen LogP contribution in [0.2, 0.25) is 0 Å². The first-order valence-corrected chi connectivity index (χ1v) is 8.73. The zero-order chi connectivity index (χ0) is 18.4. The first kappa shape index (κ1) is 15.9. The molecular weight excluding hydrogens is 348 g/mol. The molecule has 0 spiro atoms. The molecule has 0 N–H and O–H groups in total. The Hall–Kier alpha value is -3.33. The van der Waals surface area contributed by atoms with Gasteiger partial charge in [-0.05, 0) is 25.0 Å². The summed E-state index contributed by atoms with van der Waals surface area (Å²) in [4.78, 5) is 30.3. The molecular formula is C18H16N6O3. The maximum Gasteiger partial charge on any atom is 0.279 e. The summed E-state index contributed by atoms with van der Waals surface area (Å²) >= 11 is 0. The van der Waals surface area contributed by atoms with Crippen molar-refractivity contribution in [3.63, 3.8) is 0 Å². The highest BCUT2D eigenvalue weighted by Gasteiger charge is 2.18. The maximum absolute atomic E-state index is 13.0. The van der Waals surface area contributed by atoms with E-state index in [0.717, 1.165) is 19.4 Å². The van der Waals surface area contributed by atoms with Crippen LogP contribution in [0.3, 0.4) is 0 Å². The molecule has 0 amide bonds. The number of fused-ring (bicyclic) bond motifs is 3. The van der Waals surface area contributed by atoms with Gasteiger partial charge in [-0.25, -0.2) is 9.35 Å². The van der Waals surface area contributed by atoms with Gasteiger partial charge < -0.3 is 9.30 Å². The van der Waals surface area contributed by atoms with Gasteiger partial charge in [-0.1, -0.05) is 0 Å². The maximum atomic E-state index is 13.0. The van der Waals surface area contributed by atoms with Gasteiger partial charge in [0.25, 0.3) is 11.1 Å². The van der Waals surface area contributed by atoms with Crippen LogP contribution in [0, 0.1) is 0 Å². The average molecular weight is 364 g/mol. The third-order valence-electron chi connectivity index (χ3n) is 4.94. The van der Waals surface area contributed by atoms with Crippen molar-refractivity contribution >= 4 is 21.7 Å². The largest absolute Gasteiger partial charge is 0.376 e. The number of rotatable bonds is 3. The Bertz CT molecular complexity index is 1250. The smallest absolute Gasteiger partial charge is 0.279 e. The zero-order valence-electron chi connectivity index (χ0n) is 14.4. The predicted molar refractivity (Wildman–Crippen MR) is 97.6 cm³/mol. The zero-order valence-corrected chi connectivity index (χ0v) is 14.4. The van der Waals surface area contributed by atoms with Crippen LogP contribution >= 0.6 is 0 Å². The minimum Gasteiger partial charge on any atom is -0.376 e. The van der Waals surface area contributed by atoms with Crippen LogP contribution in [0.4, 0.5) is 0 Å². The third kappa shape index (κ3) is 2.55. The van der Waals surface area contributed by atoms with Gasteiger partial charge in [-0.3, -0.25) is 14.6 Å². The van der Waals surface area contributed by atoms with Gasteiger partial charge in [-0.2, -0.15) is 0 Å². The Morgan fingerprint density at radius 2 is 1.93 bits per heavy atom. The van der Waals surface area contributed by atoms with Crippen molar-refractivity contribution in [2.75, 3.05) is 6.61 Å². The quantitative estimate of drug-likeness (QED) is 0.499. The molecule has 0 aliphatic carbocycles. The summed E-state index contributed by atoms with van der Waals surface area (Å²) < 4.78 is 10.1. The summed E-state index contributed by atoms with van der Waals surface area (Å²) in [5.74, 6) is 0. The highest BCUT2D eigenvalue weighted by Crippen LogP contribution is 2.19. The molecule has 0 aromatic carbocycles. The molecule has 1 aliphatic heterocycles. The topological polar surface area (TPSA) is 96.8 Å². The number of hydrogen-bond donors (Lipinski definition) is 0. The number of aromatic nitrogens is 6. The fourth-order valence-electron chi connectivity index (χ4n) is 3.59. The fourth-order valence-corrected chi connectivity index (χ4v) is 3.59. The molecule has 1 aliphatic rings. The number of nitrogens with zero attached hydrogens (tertiary/aromatic N) is 6. The van der Waals surface area contributed by atoms with Crippen LogP contribution in [-0.2, 0) is 11.3 Å². The molecule has 1 atom stereocenters. The second kappa shape index (κ2) is 6.13. The Labute approximate surface area is 152 Å². The number of pyridine rings is 3. The third-order valence-corrected chi connectivity index (χ3v) is 4.94. The van der Waals surface area contributed by atoms with Gasteiger partial charge in [0.1, 0.15) is 12.7 Å². The van der Waals surface area contributed by atoms with Gasteiger partial charge in [-0.15, -0.1) is 10.2 Å². The van der Waals surface area contributed by atoms with Gasteiger partial charge in [0.05, 0.1) is 28.9 Å². The first-order chi connectivity index (χ1) is 13.2. The van der Waals surface area contributed by atoms with Crippen LogP contribution in [0.1, 0.15) is 12.8 Å². The van der Waals surface area contributed by atoms with Crippen molar-refractivity contribution in [1.29, 1.82) is 0 Å². The molecule has 0 bridgehead atoms. The molecule has 1 saturated heterocycles. The van der Waals surface area contributed by atoms with Crippen LogP contribution < -0.4 is 11.1 Å². The summed E-state index contributed by atoms with van der Waals surface area (Å²) in [6.07, 6.45) is 9.74. The van der Waals surface area contributed by atoms with Crippen molar-refractivity contribution in [2.24, 2.45) is 0 Å². The van der Waals surface area contributed by atoms with Gasteiger partial charge >= 0.3 is 0 Å². The second-order valence-electron chi connectivity index (χ2n) is 6.56. The molecule has 1 fully saturated rings. The average Bonchev–Trinajstić information content (AvgIpc) is 3.38. The van der Waals surface area contributed by atoms with Gasteiger partial charge in [0.2, 0.25) is 0 Å². The lowest BCUT2D eigenvalue weighted by Gasteiger charge is -2.13. The first-order valence-electron chi connectivity index (χ1n) is 8.73. The Morgan fingerprint density at radius 3 is 2.70 bits per heavy atom. The molecule has 5 heterocycles. The summed E-state index contributed by atoms with van der Waals surface area (Å²) in [7, 11) is 0. The molecule has 27 heavy (non-hydrogen) atoms. The normalized spacial score (nSPS) is 17.1. The van der Waals surface area contributed by atoms with E-state index in [4.69, 9.17) is 4.74 Å². The van der Waals surface area contributed by atoms with E-state index in [1.807, 2.05) is 0 Å². The van der Waals surface area contributed by atoms with Gasteiger partial charge in [0.15, 0.2) is 0 Å². The molecule has 0 radical (unpaired) electrons. The van der Waals surface area contributed by atoms with Crippen LogP contribution in [0.15, 0.2) is 53.0 Å². The molecule has 0 saturated carbocycles. The minimum absolute atomic E-state index is 0.0551. The summed E-state index contributed by atoms with van der Waals surface area (Å²) in [6.45, 7) is 1.24. The molecule has 4 aromatic heterocycles. The van der Waals surface area contributed by atoms with Crippen molar-refractivity contribution < 1.29 is 4.74 Å². The Kier molecular flexibility index (Phi) is 3.61. The van der Waals surface area contributed by atoms with E-state index in [2.05, 4.69) is 15.2 Å². The summed E-state index contributed by atoms with van der Waals surface area (Å²) in [5, 5.41) is 8.85. The van der Waals surface area contributed by atoms with E-state index in [1.165, 1.54) is 28.2 Å². The van der Waals surface area contributed by atoms with Crippen LogP contribution in [-0.4, -0.2) is 41.8 Å². The van der Waals surface area contributed by atoms with Crippen molar-refractivity contribution in [3.05, 3.63) is 64.1 Å². The van der Waals surface area contributed by atoms with E-state index in [1.54, 1.807) is 29.1 Å². The molecule has 1 unspecified atom stereocenters. The van der Waals surface area contributed by atoms with E-state index < -0.39 is 0 Å². The monoisotopic (exact) mass is 364 g/mol. The van der Waals surface area contributed by atoms with Crippen LogP contribution in [0.25, 0.3) is 21.7 Å². The minimum atomic E-state index is -0.290. The highest BCUT2D eigenvalue weighted by atomic mass is 16.5. The Balaban J connectivity index is 1.72. The van der Waals surface area contributed by atoms with E-state index in [0.29, 0.717) is 28.2 Å². The SMILES string of the molecule is O=c1c2cnc3ccn(-n4cnnc4)c(=O)c3c2ccn1CC1CCCO1. The van der Waals surface area contributed by atoms with Crippen LogP contribution in [0.5, 0.6) is 0 Å². The number of hydrogen-bond acceptors (Lipinski definition) is 6. The lowest BCUT2D eigenvalue weighted by Crippen LogP contribution is -2.27. The van der Waals surface area contributed by atoms with Gasteiger partial charge in [0, 0.05) is 30.6 Å². The lowest BCUT2D eigenvalue weighted by molar-refractivity contribution is 0.0963. The molecule has 5 rings (SSSR count).